The van der Waals surface area contributed by atoms with Crippen LogP contribution in [-0.2, 0) is 24.7 Å². The number of anilines is 6. The molecule has 75 heavy (non-hydrogen) atoms. The minimum absolute atomic E-state index is 0.138. The molecule has 8 aromatic rings. The Bertz CT molecular complexity index is 3520. The van der Waals surface area contributed by atoms with E-state index in [4.69, 9.17) is 0 Å². The highest BCUT2D eigenvalue weighted by molar-refractivity contribution is 8.34. The first-order valence-corrected chi connectivity index (χ1v) is 31.6. The van der Waals surface area contributed by atoms with Gasteiger partial charge in [-0.2, -0.15) is 20.1 Å². The summed E-state index contributed by atoms with van der Waals surface area (Å²) in [6.45, 7) is 4.78. The predicted molar refractivity (Wildman–Crippen MR) is 325 cm³/mol. The van der Waals surface area contributed by atoms with Crippen LogP contribution < -0.4 is 15.5 Å². The third-order valence-electron chi connectivity index (χ3n) is 17.6. The van der Waals surface area contributed by atoms with Crippen LogP contribution in [0.2, 0.25) is 0 Å². The number of fused-ring (bicyclic) bond motifs is 13. The second-order valence-corrected chi connectivity index (χ2v) is 28.3. The van der Waals surface area contributed by atoms with Crippen molar-refractivity contribution in [2.24, 2.45) is 5.73 Å². The van der Waals surface area contributed by atoms with Crippen molar-refractivity contribution in [3.8, 4) is 11.1 Å². The first-order chi connectivity index (χ1) is 37.0. The highest BCUT2D eigenvalue weighted by Crippen LogP contribution is 2.75. The summed E-state index contributed by atoms with van der Waals surface area (Å²) in [5.41, 5.74) is 26.3. The van der Waals surface area contributed by atoms with E-state index in [1.54, 1.807) is 19.6 Å². The van der Waals surface area contributed by atoms with Crippen molar-refractivity contribution >= 4 is 72.4 Å². The molecule has 0 aromatic heterocycles. The van der Waals surface area contributed by atoms with Crippen LogP contribution in [0.15, 0.2) is 208 Å². The van der Waals surface area contributed by atoms with Gasteiger partial charge in [-0.3, -0.25) is 0 Å². The predicted octanol–water partition coefficient (Wildman–Crippen LogP) is 18.6. The minimum Gasteiger partial charge on any atom is -0.333 e. The molecule has 0 bridgehead atoms. The maximum atomic E-state index is 4.50. The average molecular weight is 1020 g/mol. The fraction of sp³-hybridized carbons (Fsp3) is 0.229. The van der Waals surface area contributed by atoms with Crippen molar-refractivity contribution in [2.45, 2.75) is 90.2 Å². The number of nitrogens with two attached hydrogens (primary N) is 1. The van der Waals surface area contributed by atoms with E-state index in [1.807, 2.05) is 0 Å². The number of nitrogens with zero attached hydrogens (tertiary/aromatic N) is 2. The van der Waals surface area contributed by atoms with E-state index in [2.05, 4.69) is 236 Å². The SMILES string of the molecule is CCCCS1(CC)c2ccccc2N(c2ccc3c(c2)C2(CCc4ccccc4C2)c2cc(/C=C/c4ccc(N5c6ccccc6S6(CCCC6)c6ccccc65)c5c4CC=CC=C5)ccc2-3)c2ccccc21.CN. The van der Waals surface area contributed by atoms with Gasteiger partial charge in [-0.15, -0.1) is 0 Å². The molecular weight excluding hydrogens is 947 g/mol. The van der Waals surface area contributed by atoms with E-state index in [0.29, 0.717) is 0 Å². The fourth-order valence-corrected chi connectivity index (χ4v) is 22.9. The number of benzene rings is 8. The smallest absolute Gasteiger partial charge is 0.0586 e. The standard InChI is InChI=1S/C69H64N2S2.CH5N/c1-3-5-43-72(4-2)65-29-15-11-25-61(65)70(62-26-12-16-30-66(62)72)53-37-39-56-55-38-34-49(46-58(55)69(59(56)47-53)42-41-50-21-9-10-22-52(50)48-69)33-35-51-36-40-60(57-24-8-6-7-23-54(51)57)71-63-27-13-17-31-67(63)73(44-19-20-45-73)68-32-18-14-28-64(68)71;1-2/h6-18,21-22,24-40,46-47H,3-5,19-20,23,41-45,48H2,1-2H3;2H2,1H3/b35-33+;. The largest absolute Gasteiger partial charge is 0.333 e. The van der Waals surface area contributed by atoms with E-state index in [0.717, 1.165) is 25.7 Å². The quantitative estimate of drug-likeness (QED) is 0.154. The molecule has 1 fully saturated rings. The van der Waals surface area contributed by atoms with Crippen molar-refractivity contribution in [3.05, 3.63) is 233 Å². The number of allylic oxidation sites excluding steroid dienone is 3. The summed E-state index contributed by atoms with van der Waals surface area (Å²) in [6, 6.07) is 66.5. The molecule has 0 radical (unpaired) electrons. The Morgan fingerprint density at radius 2 is 1.17 bits per heavy atom. The van der Waals surface area contributed by atoms with Gasteiger partial charge in [0.15, 0.2) is 0 Å². The molecule has 1 saturated heterocycles. The third kappa shape index (κ3) is 7.43. The lowest BCUT2D eigenvalue weighted by Crippen LogP contribution is -2.33. The lowest BCUT2D eigenvalue weighted by atomic mass is 9.66. The van der Waals surface area contributed by atoms with Gasteiger partial charge in [0.25, 0.3) is 0 Å². The summed E-state index contributed by atoms with van der Waals surface area (Å²) in [4.78, 5) is 11.4. The molecule has 376 valence electrons. The van der Waals surface area contributed by atoms with Gasteiger partial charge in [-0.1, -0.05) is 160 Å². The summed E-state index contributed by atoms with van der Waals surface area (Å²) in [6.07, 6.45) is 23.1. The number of rotatable bonds is 8. The topological polar surface area (TPSA) is 32.5 Å². The third-order valence-corrected chi connectivity index (χ3v) is 26.3. The van der Waals surface area contributed by atoms with Crippen molar-refractivity contribution in [1.82, 2.24) is 0 Å². The zero-order chi connectivity index (χ0) is 50.7. The normalized spacial score (nSPS) is 19.4. The Kier molecular flexibility index (Phi) is 12.4. The fourth-order valence-electron chi connectivity index (χ4n) is 14.2. The molecule has 6 aliphatic rings. The molecular formula is C70H69N3S2. The number of aryl methyl sites for hydroxylation is 1. The lowest BCUT2D eigenvalue weighted by Gasteiger charge is -2.49. The first kappa shape index (κ1) is 47.9. The summed E-state index contributed by atoms with van der Waals surface area (Å²) in [5.74, 6) is 5.01. The Labute approximate surface area is 449 Å². The zero-order valence-electron chi connectivity index (χ0n) is 43.9. The lowest BCUT2D eigenvalue weighted by molar-refractivity contribution is 0.454. The molecule has 0 saturated carbocycles. The Morgan fingerprint density at radius 3 is 1.84 bits per heavy atom. The Hall–Kier alpha value is -6.76. The van der Waals surface area contributed by atoms with Gasteiger partial charge in [-0.05, 0) is 192 Å². The molecule has 3 aliphatic carbocycles. The second kappa shape index (κ2) is 19.4. The van der Waals surface area contributed by atoms with Crippen LogP contribution in [-0.4, -0.2) is 30.1 Å². The van der Waals surface area contributed by atoms with Crippen LogP contribution in [0.3, 0.4) is 0 Å². The van der Waals surface area contributed by atoms with E-state index in [1.165, 1.54) is 146 Å². The molecule has 5 heteroatoms. The van der Waals surface area contributed by atoms with Gasteiger partial charge in [-0.25, -0.2) is 0 Å². The van der Waals surface area contributed by atoms with E-state index in [9.17, 15) is 0 Å². The average Bonchev–Trinajstić information content (AvgIpc) is 4.04. The molecule has 3 heterocycles. The molecule has 3 aliphatic heterocycles. The van der Waals surface area contributed by atoms with Crippen molar-refractivity contribution in [3.63, 3.8) is 0 Å². The Morgan fingerprint density at radius 1 is 0.573 bits per heavy atom. The van der Waals surface area contributed by atoms with Gasteiger partial charge >= 0.3 is 0 Å². The van der Waals surface area contributed by atoms with E-state index < -0.39 is 20.1 Å². The number of para-hydroxylation sites is 4. The van der Waals surface area contributed by atoms with Gasteiger partial charge in [0.05, 0.1) is 28.4 Å². The van der Waals surface area contributed by atoms with Crippen LogP contribution in [0.4, 0.5) is 34.1 Å². The van der Waals surface area contributed by atoms with Crippen LogP contribution in [0.1, 0.15) is 90.5 Å². The van der Waals surface area contributed by atoms with Gasteiger partial charge in [0.1, 0.15) is 0 Å². The summed E-state index contributed by atoms with van der Waals surface area (Å²) in [5, 5.41) is 0. The molecule has 2 N–H and O–H groups in total. The summed E-state index contributed by atoms with van der Waals surface area (Å²) in [7, 11) is -0.766. The highest BCUT2D eigenvalue weighted by atomic mass is 32.3. The summed E-state index contributed by atoms with van der Waals surface area (Å²) >= 11 is 0. The van der Waals surface area contributed by atoms with Crippen LogP contribution in [0.5, 0.6) is 0 Å². The van der Waals surface area contributed by atoms with Crippen molar-refractivity contribution in [1.29, 1.82) is 0 Å². The Balaban J connectivity index is 0.00000267. The van der Waals surface area contributed by atoms with Crippen LogP contribution >= 0.6 is 20.1 Å². The van der Waals surface area contributed by atoms with Gasteiger partial charge in [0.2, 0.25) is 0 Å². The van der Waals surface area contributed by atoms with Gasteiger partial charge in [0, 0.05) is 36.2 Å². The number of hydrogen-bond donors (Lipinski definition) is 1. The van der Waals surface area contributed by atoms with Crippen LogP contribution in [0, 0.1) is 0 Å². The second-order valence-electron chi connectivity index (χ2n) is 21.2. The van der Waals surface area contributed by atoms with Crippen molar-refractivity contribution < 1.29 is 0 Å². The van der Waals surface area contributed by atoms with Gasteiger partial charge < -0.3 is 15.5 Å². The summed E-state index contributed by atoms with van der Waals surface area (Å²) < 4.78 is 0. The molecule has 1 atom stereocenters. The molecule has 2 spiro atoms. The molecule has 8 aromatic carbocycles. The minimum atomic E-state index is -1.20. The molecule has 14 rings (SSSR count). The van der Waals surface area contributed by atoms with E-state index >= 15 is 0 Å². The van der Waals surface area contributed by atoms with E-state index in [-0.39, 0.29) is 5.41 Å². The first-order valence-electron chi connectivity index (χ1n) is 27.7. The maximum absolute atomic E-state index is 4.50. The number of hydrogen-bond acceptors (Lipinski definition) is 3. The number of unbranched alkanes of at least 4 members (excludes halogenated alkanes) is 1. The molecule has 0 amide bonds. The zero-order valence-corrected chi connectivity index (χ0v) is 45.5. The highest BCUT2D eigenvalue weighted by Gasteiger charge is 2.47. The molecule has 3 nitrogen and oxygen atoms in total. The van der Waals surface area contributed by atoms with Crippen molar-refractivity contribution in [2.75, 3.05) is 39.9 Å². The maximum Gasteiger partial charge on any atom is 0.0586 e. The van der Waals surface area contributed by atoms with Crippen LogP contribution in [0.25, 0.3) is 29.4 Å². The monoisotopic (exact) mass is 1020 g/mol. The molecule has 1 unspecified atom stereocenters.